The Balaban J connectivity index is 1.71. The number of carbonyl (C=O) groups is 2. The molecular formula is C22H29FN2O3. The van der Waals surface area contributed by atoms with Crippen LogP contribution in [0.25, 0.3) is 0 Å². The van der Waals surface area contributed by atoms with Crippen molar-refractivity contribution in [2.75, 3.05) is 19.7 Å². The van der Waals surface area contributed by atoms with Crippen LogP contribution in [-0.4, -0.2) is 59.5 Å². The predicted molar refractivity (Wildman–Crippen MR) is 103 cm³/mol. The average Bonchev–Trinajstić information content (AvgIpc) is 3.29. The topological polar surface area (TPSA) is 49.9 Å². The van der Waals surface area contributed by atoms with E-state index in [4.69, 9.17) is 4.74 Å². The Morgan fingerprint density at radius 1 is 1.11 bits per heavy atom. The molecule has 0 saturated carbocycles. The van der Waals surface area contributed by atoms with Crippen LogP contribution in [0, 0.1) is 5.82 Å². The molecule has 0 aromatic heterocycles. The van der Waals surface area contributed by atoms with Gasteiger partial charge in [0.2, 0.25) is 5.91 Å². The summed E-state index contributed by atoms with van der Waals surface area (Å²) in [5, 5.41) is 0. The number of benzene rings is 1. The lowest BCUT2D eigenvalue weighted by Crippen LogP contribution is -2.52. The highest BCUT2D eigenvalue weighted by molar-refractivity contribution is 5.82. The van der Waals surface area contributed by atoms with Crippen LogP contribution < -0.4 is 0 Å². The molecular weight excluding hydrogens is 359 g/mol. The van der Waals surface area contributed by atoms with Crippen molar-refractivity contribution in [2.45, 2.75) is 69.6 Å². The van der Waals surface area contributed by atoms with Crippen molar-refractivity contribution in [2.24, 2.45) is 0 Å². The smallest absolute Gasteiger partial charge is 0.252 e. The molecule has 3 saturated heterocycles. The minimum absolute atomic E-state index is 0.0321. The molecule has 5 nitrogen and oxygen atoms in total. The minimum Gasteiger partial charge on any atom is -0.368 e. The molecule has 0 bridgehead atoms. The summed E-state index contributed by atoms with van der Waals surface area (Å²) in [6.45, 7) is 3.45. The van der Waals surface area contributed by atoms with Crippen LogP contribution in [0.2, 0.25) is 0 Å². The third kappa shape index (κ3) is 3.66. The van der Waals surface area contributed by atoms with Gasteiger partial charge in [-0.3, -0.25) is 9.59 Å². The van der Waals surface area contributed by atoms with E-state index in [1.807, 2.05) is 15.9 Å². The SMILES string of the molecule is CC(=O)N1CCCCC[C@@H]2[C@@H]1[C@H](c1cccc(F)c1)CN2C(=O)[C@H]1CCCO1. The number of ether oxygens (including phenoxy) is 1. The summed E-state index contributed by atoms with van der Waals surface area (Å²) in [7, 11) is 0. The first-order valence-corrected chi connectivity index (χ1v) is 10.5. The van der Waals surface area contributed by atoms with Gasteiger partial charge in [0.05, 0.1) is 12.1 Å². The summed E-state index contributed by atoms with van der Waals surface area (Å²) in [4.78, 5) is 29.6. The lowest BCUT2D eigenvalue weighted by atomic mass is 9.86. The van der Waals surface area contributed by atoms with Crippen LogP contribution in [0.3, 0.4) is 0 Å². The van der Waals surface area contributed by atoms with Crippen LogP contribution >= 0.6 is 0 Å². The fourth-order valence-electron chi connectivity index (χ4n) is 5.24. The number of hydrogen-bond donors (Lipinski definition) is 0. The molecule has 0 spiro atoms. The molecule has 3 heterocycles. The van der Waals surface area contributed by atoms with Gasteiger partial charge in [0, 0.05) is 32.5 Å². The van der Waals surface area contributed by atoms with E-state index in [9.17, 15) is 14.0 Å². The monoisotopic (exact) mass is 388 g/mol. The van der Waals surface area contributed by atoms with E-state index in [0.29, 0.717) is 19.7 Å². The molecule has 1 aromatic rings. The summed E-state index contributed by atoms with van der Waals surface area (Å²) in [6, 6.07) is 6.48. The number of likely N-dealkylation sites (tertiary alicyclic amines) is 2. The number of halogens is 1. The van der Waals surface area contributed by atoms with Crippen molar-refractivity contribution in [3.63, 3.8) is 0 Å². The van der Waals surface area contributed by atoms with Gasteiger partial charge in [-0.25, -0.2) is 4.39 Å². The zero-order valence-electron chi connectivity index (χ0n) is 16.5. The second kappa shape index (κ2) is 8.19. The van der Waals surface area contributed by atoms with Crippen LogP contribution in [0.1, 0.15) is 56.9 Å². The van der Waals surface area contributed by atoms with Crippen LogP contribution in [0.15, 0.2) is 24.3 Å². The van der Waals surface area contributed by atoms with Crippen molar-refractivity contribution < 1.29 is 18.7 Å². The molecule has 0 radical (unpaired) electrons. The van der Waals surface area contributed by atoms with E-state index >= 15 is 0 Å². The summed E-state index contributed by atoms with van der Waals surface area (Å²) in [6.07, 6.45) is 5.23. The first-order valence-electron chi connectivity index (χ1n) is 10.5. The predicted octanol–water partition coefficient (Wildman–Crippen LogP) is 3.09. The Bertz CT molecular complexity index is 734. The van der Waals surface area contributed by atoms with E-state index in [1.165, 1.54) is 6.07 Å². The van der Waals surface area contributed by atoms with Crippen molar-refractivity contribution in [3.05, 3.63) is 35.6 Å². The normalized spacial score (nSPS) is 30.6. The van der Waals surface area contributed by atoms with Crippen LogP contribution in [-0.2, 0) is 14.3 Å². The maximum absolute atomic E-state index is 14.0. The van der Waals surface area contributed by atoms with Gasteiger partial charge in [-0.05, 0) is 43.4 Å². The van der Waals surface area contributed by atoms with Crippen LogP contribution in [0.5, 0.6) is 0 Å². The molecule has 3 fully saturated rings. The second-order valence-electron chi connectivity index (χ2n) is 8.27. The molecule has 0 N–H and O–H groups in total. The number of carbonyl (C=O) groups excluding carboxylic acids is 2. The average molecular weight is 388 g/mol. The van der Waals surface area contributed by atoms with E-state index in [-0.39, 0.29) is 41.7 Å². The third-order valence-corrected chi connectivity index (χ3v) is 6.53. The standard InChI is InChI=1S/C22H29FN2O3/c1-15(26)24-11-4-2-3-9-19-21(24)18(16-7-5-8-17(23)13-16)14-25(19)22(27)20-10-6-12-28-20/h5,7-8,13,18-21H,2-4,6,9-12,14H2,1H3/t18-,19+,20+,21-/m0/s1. The van der Waals surface area contributed by atoms with Gasteiger partial charge in [0.15, 0.2) is 0 Å². The molecule has 28 heavy (non-hydrogen) atoms. The Morgan fingerprint density at radius 3 is 2.68 bits per heavy atom. The maximum atomic E-state index is 14.0. The Hall–Kier alpha value is -1.95. The molecule has 4 atom stereocenters. The molecule has 2 amide bonds. The lowest BCUT2D eigenvalue weighted by Gasteiger charge is -2.39. The first kappa shape index (κ1) is 19.4. The number of nitrogens with zero attached hydrogens (tertiary/aromatic N) is 2. The molecule has 152 valence electrons. The molecule has 1 aromatic carbocycles. The summed E-state index contributed by atoms with van der Waals surface area (Å²) in [5.41, 5.74) is 0.865. The lowest BCUT2D eigenvalue weighted by molar-refractivity contribution is -0.144. The molecule has 3 aliphatic heterocycles. The van der Waals surface area contributed by atoms with Crippen molar-refractivity contribution in [3.8, 4) is 0 Å². The Morgan fingerprint density at radius 2 is 1.96 bits per heavy atom. The number of hydrogen-bond acceptors (Lipinski definition) is 3. The Labute approximate surface area is 165 Å². The fraction of sp³-hybridized carbons (Fsp3) is 0.636. The summed E-state index contributed by atoms with van der Waals surface area (Å²) >= 11 is 0. The third-order valence-electron chi connectivity index (χ3n) is 6.53. The van der Waals surface area contributed by atoms with Gasteiger partial charge < -0.3 is 14.5 Å². The largest absolute Gasteiger partial charge is 0.368 e. The van der Waals surface area contributed by atoms with Crippen molar-refractivity contribution >= 4 is 11.8 Å². The van der Waals surface area contributed by atoms with Gasteiger partial charge in [-0.2, -0.15) is 0 Å². The molecule has 3 aliphatic rings. The van der Waals surface area contributed by atoms with Crippen molar-refractivity contribution in [1.82, 2.24) is 9.80 Å². The Kier molecular flexibility index (Phi) is 5.67. The van der Waals surface area contributed by atoms with E-state index in [0.717, 1.165) is 44.1 Å². The second-order valence-corrected chi connectivity index (χ2v) is 8.27. The van der Waals surface area contributed by atoms with Crippen molar-refractivity contribution in [1.29, 1.82) is 0 Å². The molecule has 0 unspecified atom stereocenters. The summed E-state index contributed by atoms with van der Waals surface area (Å²) < 4.78 is 19.6. The van der Waals surface area contributed by atoms with Gasteiger partial charge in [-0.15, -0.1) is 0 Å². The molecule has 6 heteroatoms. The fourth-order valence-corrected chi connectivity index (χ4v) is 5.24. The molecule has 4 rings (SSSR count). The highest BCUT2D eigenvalue weighted by Crippen LogP contribution is 2.40. The van der Waals surface area contributed by atoms with E-state index in [1.54, 1.807) is 19.1 Å². The van der Waals surface area contributed by atoms with Gasteiger partial charge in [0.1, 0.15) is 11.9 Å². The maximum Gasteiger partial charge on any atom is 0.252 e. The van der Waals surface area contributed by atoms with E-state index < -0.39 is 0 Å². The molecule has 0 aliphatic carbocycles. The van der Waals surface area contributed by atoms with Gasteiger partial charge in [-0.1, -0.05) is 25.0 Å². The number of fused-ring (bicyclic) bond motifs is 1. The van der Waals surface area contributed by atoms with Crippen LogP contribution in [0.4, 0.5) is 4.39 Å². The number of rotatable bonds is 2. The zero-order chi connectivity index (χ0) is 19.7. The number of amides is 2. The van der Waals surface area contributed by atoms with Gasteiger partial charge >= 0.3 is 0 Å². The highest BCUT2D eigenvalue weighted by atomic mass is 19.1. The van der Waals surface area contributed by atoms with Gasteiger partial charge in [0.25, 0.3) is 5.91 Å². The summed E-state index contributed by atoms with van der Waals surface area (Å²) in [5.74, 6) is -0.286. The minimum atomic E-state index is -0.372. The quantitative estimate of drug-likeness (QED) is 0.782. The van der Waals surface area contributed by atoms with E-state index in [2.05, 4.69) is 0 Å². The zero-order valence-corrected chi connectivity index (χ0v) is 16.5. The first-order chi connectivity index (χ1) is 13.6. The highest BCUT2D eigenvalue weighted by Gasteiger charge is 2.49.